The lowest BCUT2D eigenvalue weighted by molar-refractivity contribution is -0.145. The second-order valence-corrected chi connectivity index (χ2v) is 10.6. The monoisotopic (exact) mass is 455 g/mol. The molecule has 1 saturated heterocycles. The predicted molar refractivity (Wildman–Crippen MR) is 125 cm³/mol. The van der Waals surface area contributed by atoms with Gasteiger partial charge in [-0.15, -0.1) is 0 Å². The van der Waals surface area contributed by atoms with E-state index in [9.17, 15) is 9.90 Å². The molecule has 7 atom stereocenters. The highest BCUT2D eigenvalue weighted by molar-refractivity contribution is 5.76. The number of benzene rings is 1. The number of fused-ring (bicyclic) bond motifs is 3. The maximum atomic E-state index is 13.1. The molecule has 0 radical (unpaired) electrons. The van der Waals surface area contributed by atoms with Gasteiger partial charge in [-0.05, 0) is 55.4 Å². The summed E-state index contributed by atoms with van der Waals surface area (Å²) in [6.07, 6.45) is 5.29. The van der Waals surface area contributed by atoms with Gasteiger partial charge in [-0.2, -0.15) is 0 Å². The van der Waals surface area contributed by atoms with E-state index in [0.717, 1.165) is 43.7 Å². The van der Waals surface area contributed by atoms with Crippen molar-refractivity contribution in [3.8, 4) is 11.5 Å². The van der Waals surface area contributed by atoms with Crippen LogP contribution >= 0.6 is 0 Å². The number of rotatable bonds is 4. The number of hydrogen-bond acceptors (Lipinski definition) is 6. The van der Waals surface area contributed by atoms with E-state index in [-0.39, 0.29) is 35.4 Å². The molecule has 4 aliphatic rings. The van der Waals surface area contributed by atoms with Gasteiger partial charge in [0.2, 0.25) is 0 Å². The first-order valence-electron chi connectivity index (χ1n) is 12.4. The molecule has 1 N–H and O–H groups in total. The number of ether oxygens (including phenoxy) is 3. The van der Waals surface area contributed by atoms with Crippen LogP contribution in [0, 0.1) is 23.2 Å². The van der Waals surface area contributed by atoms with Crippen LogP contribution < -0.4 is 9.47 Å². The summed E-state index contributed by atoms with van der Waals surface area (Å²) >= 11 is 0. The lowest BCUT2D eigenvalue weighted by atomic mass is 9.55. The first-order valence-corrected chi connectivity index (χ1v) is 12.4. The molecule has 0 bridgehead atoms. The Bertz CT molecular complexity index is 974. The summed E-state index contributed by atoms with van der Waals surface area (Å²) < 4.78 is 16.9. The molecule has 0 amide bonds. The van der Waals surface area contributed by atoms with Crippen LogP contribution in [0.15, 0.2) is 23.8 Å². The fourth-order valence-electron chi connectivity index (χ4n) is 6.97. The van der Waals surface area contributed by atoms with Crippen LogP contribution in [0.4, 0.5) is 0 Å². The lowest BCUT2D eigenvalue weighted by Crippen LogP contribution is -2.55. The zero-order chi connectivity index (χ0) is 23.5. The van der Waals surface area contributed by atoms with Gasteiger partial charge in [0.25, 0.3) is 0 Å². The first-order chi connectivity index (χ1) is 15.8. The Morgan fingerprint density at radius 1 is 1.21 bits per heavy atom. The molecule has 5 rings (SSSR count). The smallest absolute Gasteiger partial charge is 0.311 e. The van der Waals surface area contributed by atoms with Crippen molar-refractivity contribution in [2.24, 2.45) is 23.2 Å². The summed E-state index contributed by atoms with van der Waals surface area (Å²) in [4.78, 5) is 15.4. The molecule has 2 fully saturated rings. The average molecular weight is 456 g/mol. The molecular formula is C27H37NO5. The molecular weight excluding hydrogens is 418 g/mol. The minimum atomic E-state index is -0.564. The van der Waals surface area contributed by atoms with E-state index in [1.54, 1.807) is 14.2 Å². The van der Waals surface area contributed by atoms with E-state index in [2.05, 4.69) is 43.9 Å². The van der Waals surface area contributed by atoms with Crippen molar-refractivity contribution >= 4 is 5.97 Å². The summed E-state index contributed by atoms with van der Waals surface area (Å²) in [5, 5.41) is 11.6. The van der Waals surface area contributed by atoms with Gasteiger partial charge in [-0.25, -0.2) is 0 Å². The SMILES string of the molecule is COc1cc2c(cc1OC)[C@H](C)N(C[C@H]1C(=O)O[C@@H]3CC4=CCC[C@H](C)[C@@]4(C)[C@@H](O)[C@@H]31)CC2. The van der Waals surface area contributed by atoms with E-state index in [0.29, 0.717) is 12.5 Å². The normalized spacial score (nSPS) is 38.0. The minimum Gasteiger partial charge on any atom is -0.493 e. The molecule has 1 aromatic rings. The van der Waals surface area contributed by atoms with Gasteiger partial charge < -0.3 is 19.3 Å². The zero-order valence-electron chi connectivity index (χ0n) is 20.5. The number of nitrogens with zero attached hydrogens (tertiary/aromatic N) is 1. The van der Waals surface area contributed by atoms with E-state index in [1.165, 1.54) is 16.7 Å². The van der Waals surface area contributed by atoms with Crippen molar-refractivity contribution in [1.82, 2.24) is 4.90 Å². The van der Waals surface area contributed by atoms with Crippen molar-refractivity contribution in [3.63, 3.8) is 0 Å². The zero-order valence-corrected chi connectivity index (χ0v) is 20.5. The first kappa shape index (κ1) is 22.7. The average Bonchev–Trinajstić information content (AvgIpc) is 3.11. The Morgan fingerprint density at radius 2 is 1.94 bits per heavy atom. The Balaban J connectivity index is 1.40. The van der Waals surface area contributed by atoms with Gasteiger partial charge in [0, 0.05) is 36.9 Å². The summed E-state index contributed by atoms with van der Waals surface area (Å²) in [5.74, 6) is 1.27. The lowest BCUT2D eigenvalue weighted by Gasteiger charge is -2.52. The number of allylic oxidation sites excluding steroid dienone is 1. The van der Waals surface area contributed by atoms with Gasteiger partial charge in [-0.1, -0.05) is 25.5 Å². The van der Waals surface area contributed by atoms with Crippen LogP contribution in [-0.2, 0) is 16.0 Å². The summed E-state index contributed by atoms with van der Waals surface area (Å²) in [7, 11) is 3.32. The van der Waals surface area contributed by atoms with Crippen LogP contribution in [0.3, 0.4) is 0 Å². The molecule has 0 spiro atoms. The maximum Gasteiger partial charge on any atom is 0.311 e. The number of methoxy groups -OCH3 is 2. The fraction of sp³-hybridized carbons (Fsp3) is 0.667. The highest BCUT2D eigenvalue weighted by atomic mass is 16.6. The third-order valence-electron chi connectivity index (χ3n) is 9.31. The molecule has 6 nitrogen and oxygen atoms in total. The van der Waals surface area contributed by atoms with E-state index in [1.807, 2.05) is 0 Å². The number of hydrogen-bond donors (Lipinski definition) is 1. The standard InChI is InChI=1S/C27H37NO5/c1-15-7-6-8-18-12-23-24(25(29)27(15,18)3)20(26(30)33-23)14-28-10-9-17-11-21(31-4)22(32-5)13-19(17)16(28)2/h8,11,13,15-16,20,23-25,29H,6-7,9-10,12,14H2,1-5H3/t15-,16-,20+,23+,24+,25-,27+/m0/s1. The molecule has 2 aliphatic carbocycles. The van der Waals surface area contributed by atoms with Gasteiger partial charge >= 0.3 is 5.97 Å². The molecule has 1 aromatic carbocycles. The molecule has 0 unspecified atom stereocenters. The molecule has 2 aliphatic heterocycles. The Kier molecular flexibility index (Phi) is 5.73. The van der Waals surface area contributed by atoms with Crippen molar-refractivity contribution < 1.29 is 24.1 Å². The summed E-state index contributed by atoms with van der Waals surface area (Å²) in [5.41, 5.74) is 3.49. The van der Waals surface area contributed by atoms with E-state index < -0.39 is 6.10 Å². The van der Waals surface area contributed by atoms with Crippen LogP contribution in [0.1, 0.15) is 57.2 Å². The minimum absolute atomic E-state index is 0.140. The highest BCUT2D eigenvalue weighted by Gasteiger charge is 2.60. The van der Waals surface area contributed by atoms with Crippen molar-refractivity contribution in [2.45, 2.75) is 64.7 Å². The summed E-state index contributed by atoms with van der Waals surface area (Å²) in [6.45, 7) is 8.09. The van der Waals surface area contributed by atoms with Crippen molar-refractivity contribution in [3.05, 3.63) is 34.9 Å². The molecule has 1 saturated carbocycles. The molecule has 180 valence electrons. The van der Waals surface area contributed by atoms with Gasteiger partial charge in [-0.3, -0.25) is 9.69 Å². The van der Waals surface area contributed by atoms with Gasteiger partial charge in [0.15, 0.2) is 11.5 Å². The number of aliphatic hydroxyl groups excluding tert-OH is 1. The number of carbonyl (C=O) groups is 1. The van der Waals surface area contributed by atoms with Crippen molar-refractivity contribution in [1.29, 1.82) is 0 Å². The Labute approximate surface area is 196 Å². The largest absolute Gasteiger partial charge is 0.493 e. The fourth-order valence-corrected chi connectivity index (χ4v) is 6.97. The number of carbonyl (C=O) groups excluding carboxylic acids is 1. The van der Waals surface area contributed by atoms with Crippen LogP contribution in [0.2, 0.25) is 0 Å². The van der Waals surface area contributed by atoms with Gasteiger partial charge in [0.1, 0.15) is 6.10 Å². The summed E-state index contributed by atoms with van der Waals surface area (Å²) in [6, 6.07) is 4.28. The number of aliphatic hydroxyl groups is 1. The number of esters is 1. The van der Waals surface area contributed by atoms with Crippen LogP contribution in [0.5, 0.6) is 11.5 Å². The van der Waals surface area contributed by atoms with Crippen LogP contribution in [0.25, 0.3) is 0 Å². The predicted octanol–water partition coefficient (Wildman–Crippen LogP) is 3.91. The highest BCUT2D eigenvalue weighted by Crippen LogP contribution is 2.56. The molecule has 2 heterocycles. The molecule has 33 heavy (non-hydrogen) atoms. The molecule has 6 heteroatoms. The topological polar surface area (TPSA) is 68.2 Å². The van der Waals surface area contributed by atoms with Gasteiger partial charge in [0.05, 0.1) is 26.2 Å². The molecule has 0 aromatic heterocycles. The Hall–Kier alpha value is -2.05. The maximum absolute atomic E-state index is 13.1. The third kappa shape index (κ3) is 3.40. The third-order valence-corrected chi connectivity index (χ3v) is 9.31. The second-order valence-electron chi connectivity index (χ2n) is 10.6. The van der Waals surface area contributed by atoms with Crippen molar-refractivity contribution in [2.75, 3.05) is 27.3 Å². The quantitative estimate of drug-likeness (QED) is 0.549. The second kappa shape index (κ2) is 8.31. The Morgan fingerprint density at radius 3 is 2.67 bits per heavy atom. The van der Waals surface area contributed by atoms with E-state index >= 15 is 0 Å². The van der Waals surface area contributed by atoms with Crippen LogP contribution in [-0.4, -0.2) is 55.5 Å². The van der Waals surface area contributed by atoms with E-state index in [4.69, 9.17) is 14.2 Å².